The largest absolute Gasteiger partial charge is 0.496 e. The summed E-state index contributed by atoms with van der Waals surface area (Å²) in [6, 6.07) is 5.21. The zero-order chi connectivity index (χ0) is 18.2. The molecule has 7 nitrogen and oxygen atoms in total. The zero-order valence-corrected chi connectivity index (χ0v) is 15.3. The molecule has 0 saturated carbocycles. The summed E-state index contributed by atoms with van der Waals surface area (Å²) in [6.07, 6.45) is 5.15. The summed E-state index contributed by atoms with van der Waals surface area (Å²) >= 11 is 1.54. The maximum absolute atomic E-state index is 12.2. The molecular formula is C17H23N3O4S. The van der Waals surface area contributed by atoms with Gasteiger partial charge in [-0.1, -0.05) is 6.42 Å². The molecular weight excluding hydrogens is 342 g/mol. The van der Waals surface area contributed by atoms with Gasteiger partial charge in [0.05, 0.1) is 12.7 Å². The summed E-state index contributed by atoms with van der Waals surface area (Å²) in [5, 5.41) is 0. The predicted molar refractivity (Wildman–Crippen MR) is 95.4 cm³/mol. The van der Waals surface area contributed by atoms with Crippen LogP contribution < -0.4 is 15.6 Å². The van der Waals surface area contributed by atoms with Gasteiger partial charge in [-0.3, -0.25) is 25.2 Å². The minimum absolute atomic E-state index is 0.0201. The van der Waals surface area contributed by atoms with Gasteiger partial charge in [0.2, 0.25) is 5.91 Å². The number of thioether (sulfide) groups is 1. The third-order valence-electron chi connectivity index (χ3n) is 3.97. The normalized spacial score (nSPS) is 14.6. The number of rotatable bonds is 5. The van der Waals surface area contributed by atoms with Gasteiger partial charge in [-0.25, -0.2) is 0 Å². The van der Waals surface area contributed by atoms with Gasteiger partial charge >= 0.3 is 0 Å². The highest BCUT2D eigenvalue weighted by atomic mass is 32.2. The van der Waals surface area contributed by atoms with E-state index in [0.717, 1.165) is 24.2 Å². The molecule has 25 heavy (non-hydrogen) atoms. The number of carbonyl (C=O) groups is 3. The van der Waals surface area contributed by atoms with Crippen LogP contribution in [0.4, 0.5) is 0 Å². The average molecular weight is 365 g/mol. The Morgan fingerprint density at radius 2 is 2.04 bits per heavy atom. The number of nitrogens with one attached hydrogen (secondary N) is 2. The molecule has 2 N–H and O–H groups in total. The molecule has 1 saturated heterocycles. The molecule has 0 radical (unpaired) electrons. The fraction of sp³-hybridized carbons (Fsp3) is 0.471. The number of ether oxygens (including phenoxy) is 1. The fourth-order valence-corrected chi connectivity index (χ4v) is 3.03. The van der Waals surface area contributed by atoms with Gasteiger partial charge in [0.15, 0.2) is 0 Å². The Kier molecular flexibility index (Phi) is 7.12. The average Bonchev–Trinajstić information content (AvgIpc) is 2.83. The number of hydrazine groups is 1. The molecule has 0 aromatic heterocycles. The van der Waals surface area contributed by atoms with Crippen molar-refractivity contribution in [1.29, 1.82) is 0 Å². The molecule has 1 heterocycles. The summed E-state index contributed by atoms with van der Waals surface area (Å²) in [4.78, 5) is 38.6. The third-order valence-corrected chi connectivity index (χ3v) is 4.70. The molecule has 0 bridgehead atoms. The van der Waals surface area contributed by atoms with Crippen LogP contribution in [0.1, 0.15) is 36.0 Å². The summed E-state index contributed by atoms with van der Waals surface area (Å²) in [5.41, 5.74) is 5.05. The summed E-state index contributed by atoms with van der Waals surface area (Å²) < 4.78 is 5.23. The number of likely N-dealkylation sites (tertiary alicyclic amines) is 1. The third kappa shape index (κ3) is 5.38. The summed E-state index contributed by atoms with van der Waals surface area (Å²) in [7, 11) is 1.49. The van der Waals surface area contributed by atoms with Crippen molar-refractivity contribution >= 4 is 29.5 Å². The Bertz CT molecular complexity index is 651. The van der Waals surface area contributed by atoms with E-state index in [1.165, 1.54) is 23.8 Å². The molecule has 2 rings (SSSR count). The van der Waals surface area contributed by atoms with Crippen LogP contribution in [0.3, 0.4) is 0 Å². The molecule has 1 aromatic carbocycles. The molecule has 0 spiro atoms. The monoisotopic (exact) mass is 365 g/mol. The van der Waals surface area contributed by atoms with Crippen molar-refractivity contribution in [3.8, 4) is 5.75 Å². The zero-order valence-electron chi connectivity index (χ0n) is 14.5. The van der Waals surface area contributed by atoms with Gasteiger partial charge in [0.1, 0.15) is 12.3 Å². The highest BCUT2D eigenvalue weighted by Gasteiger charge is 2.20. The molecule has 8 heteroatoms. The van der Waals surface area contributed by atoms with E-state index in [0.29, 0.717) is 24.3 Å². The van der Waals surface area contributed by atoms with E-state index in [-0.39, 0.29) is 12.5 Å². The van der Waals surface area contributed by atoms with E-state index in [4.69, 9.17) is 4.74 Å². The van der Waals surface area contributed by atoms with Gasteiger partial charge in [-0.15, -0.1) is 11.8 Å². The number of hydrogen-bond acceptors (Lipinski definition) is 5. The molecule has 1 fully saturated rings. The van der Waals surface area contributed by atoms with Crippen molar-refractivity contribution in [2.24, 2.45) is 0 Å². The lowest BCUT2D eigenvalue weighted by atomic mass is 10.2. The first-order chi connectivity index (χ1) is 12.0. The Morgan fingerprint density at radius 1 is 1.24 bits per heavy atom. The molecule has 1 aliphatic rings. The van der Waals surface area contributed by atoms with E-state index < -0.39 is 11.8 Å². The fourth-order valence-electron chi connectivity index (χ4n) is 2.60. The van der Waals surface area contributed by atoms with Crippen LogP contribution in [0.25, 0.3) is 0 Å². The smallest absolute Gasteiger partial charge is 0.273 e. The predicted octanol–water partition coefficient (Wildman–Crippen LogP) is 1.58. The Labute approximate surface area is 151 Å². The van der Waals surface area contributed by atoms with Gasteiger partial charge in [0.25, 0.3) is 11.8 Å². The van der Waals surface area contributed by atoms with Crippen LogP contribution in [0.15, 0.2) is 23.1 Å². The highest BCUT2D eigenvalue weighted by molar-refractivity contribution is 7.98. The van der Waals surface area contributed by atoms with Crippen LogP contribution in [-0.2, 0) is 9.59 Å². The van der Waals surface area contributed by atoms with E-state index in [1.807, 2.05) is 6.26 Å². The van der Waals surface area contributed by atoms with Gasteiger partial charge in [0, 0.05) is 17.9 Å². The number of nitrogens with zero attached hydrogens (tertiary/aromatic N) is 1. The molecule has 0 unspecified atom stereocenters. The highest BCUT2D eigenvalue weighted by Crippen LogP contribution is 2.25. The van der Waals surface area contributed by atoms with E-state index in [1.54, 1.807) is 18.2 Å². The number of amides is 3. The maximum atomic E-state index is 12.2. The van der Waals surface area contributed by atoms with Crippen LogP contribution in [0.5, 0.6) is 5.75 Å². The number of benzene rings is 1. The number of carbonyl (C=O) groups excluding carboxylic acids is 3. The standard InChI is InChI=1S/C17H23N3O4S/c1-24-14-10-12(25-2)7-8-13(14)17(23)19-18-15(21)11-20-9-5-3-4-6-16(20)22/h7-8,10H,3-6,9,11H2,1-2H3,(H,18,21)(H,19,23). The number of hydrogen-bond donors (Lipinski definition) is 2. The van der Waals surface area contributed by atoms with Gasteiger partial charge < -0.3 is 9.64 Å². The lowest BCUT2D eigenvalue weighted by Crippen LogP contribution is -2.47. The topological polar surface area (TPSA) is 87.7 Å². The lowest BCUT2D eigenvalue weighted by molar-refractivity contribution is -0.135. The summed E-state index contributed by atoms with van der Waals surface area (Å²) in [6.45, 7) is 0.520. The molecule has 1 aliphatic heterocycles. The molecule has 0 aliphatic carbocycles. The van der Waals surface area contributed by atoms with Crippen molar-refractivity contribution in [1.82, 2.24) is 15.8 Å². The molecule has 3 amide bonds. The van der Waals surface area contributed by atoms with Gasteiger partial charge in [-0.2, -0.15) is 0 Å². The van der Waals surface area contributed by atoms with Crippen molar-refractivity contribution in [3.05, 3.63) is 23.8 Å². The Morgan fingerprint density at radius 3 is 2.76 bits per heavy atom. The van der Waals surface area contributed by atoms with E-state index in [9.17, 15) is 14.4 Å². The van der Waals surface area contributed by atoms with Crippen molar-refractivity contribution in [2.45, 2.75) is 30.6 Å². The second kappa shape index (κ2) is 9.31. The first kappa shape index (κ1) is 19.1. The minimum atomic E-state index is -0.472. The number of methoxy groups -OCH3 is 1. The van der Waals surface area contributed by atoms with Crippen molar-refractivity contribution in [3.63, 3.8) is 0 Å². The SMILES string of the molecule is COc1cc(SC)ccc1C(=O)NNC(=O)CN1CCCCCC1=O. The quantitative estimate of drug-likeness (QED) is 0.611. The van der Waals surface area contributed by atoms with Gasteiger partial charge in [-0.05, 0) is 37.3 Å². The minimum Gasteiger partial charge on any atom is -0.496 e. The van der Waals surface area contributed by atoms with Crippen molar-refractivity contribution in [2.75, 3.05) is 26.5 Å². The Hall–Kier alpha value is -2.22. The lowest BCUT2D eigenvalue weighted by Gasteiger charge is -2.20. The Balaban J connectivity index is 1.90. The first-order valence-electron chi connectivity index (χ1n) is 8.14. The van der Waals surface area contributed by atoms with E-state index >= 15 is 0 Å². The molecule has 0 atom stereocenters. The van der Waals surface area contributed by atoms with E-state index in [2.05, 4.69) is 10.9 Å². The van der Waals surface area contributed by atoms with Crippen molar-refractivity contribution < 1.29 is 19.1 Å². The second-order valence-electron chi connectivity index (χ2n) is 5.69. The second-order valence-corrected chi connectivity index (χ2v) is 6.57. The maximum Gasteiger partial charge on any atom is 0.273 e. The van der Waals surface area contributed by atoms with Crippen LogP contribution >= 0.6 is 11.8 Å². The van der Waals surface area contributed by atoms with Crippen LogP contribution in [0.2, 0.25) is 0 Å². The molecule has 1 aromatic rings. The summed E-state index contributed by atoms with van der Waals surface area (Å²) in [5.74, 6) is -0.488. The first-order valence-corrected chi connectivity index (χ1v) is 9.36. The molecule has 136 valence electrons. The van der Waals surface area contributed by atoms with Crippen LogP contribution in [0, 0.1) is 0 Å². The van der Waals surface area contributed by atoms with Crippen LogP contribution in [-0.4, -0.2) is 49.1 Å².